The topological polar surface area (TPSA) is 148 Å². The number of carbonyl (C=O) groups excluding carboxylic acids is 3. The maximum absolute atomic E-state index is 14.1. The molecule has 12 nitrogen and oxygen atoms in total. The molecule has 0 bridgehead atoms. The van der Waals surface area contributed by atoms with E-state index in [0.717, 1.165) is 11.6 Å². The highest BCUT2D eigenvalue weighted by Gasteiger charge is 2.37. The molecule has 2 aromatic heterocycles. The Labute approximate surface area is 311 Å². The molecule has 3 amide bonds. The van der Waals surface area contributed by atoms with Gasteiger partial charge in [-0.05, 0) is 37.1 Å². The van der Waals surface area contributed by atoms with Crippen LogP contribution in [0.25, 0.3) is 0 Å². The maximum atomic E-state index is 14.1. The smallest absolute Gasteiger partial charge is 0.374 e. The molecule has 0 saturated carbocycles. The number of rotatable bonds is 12. The summed E-state index contributed by atoms with van der Waals surface area (Å²) in [5.41, 5.74) is 5.40. The molecule has 1 fully saturated rings. The molecule has 4 N–H and O–H groups in total. The summed E-state index contributed by atoms with van der Waals surface area (Å²) >= 11 is 0. The molecule has 1 aliphatic heterocycles. The lowest BCUT2D eigenvalue weighted by molar-refractivity contribution is -0.138. The largest absolute Gasteiger partial charge is 0.419 e. The Morgan fingerprint density at radius 3 is 2.15 bits per heavy atom. The second-order valence-electron chi connectivity index (χ2n) is 12.4. The molecule has 17 heteroatoms. The van der Waals surface area contributed by atoms with Crippen molar-refractivity contribution in [2.75, 3.05) is 43.0 Å². The number of benzene rings is 2. The molecule has 2 aromatic carbocycles. The summed E-state index contributed by atoms with van der Waals surface area (Å²) in [4.78, 5) is 51.6. The van der Waals surface area contributed by atoms with Crippen LogP contribution in [-0.2, 0) is 31.9 Å². The molecule has 3 heterocycles. The van der Waals surface area contributed by atoms with Crippen molar-refractivity contribution in [1.29, 1.82) is 0 Å². The maximum Gasteiger partial charge on any atom is 0.419 e. The van der Waals surface area contributed by atoms with Crippen molar-refractivity contribution in [3.8, 4) is 0 Å². The first-order chi connectivity index (χ1) is 23.8. The zero-order valence-electron chi connectivity index (χ0n) is 28.5. The van der Waals surface area contributed by atoms with E-state index in [1.165, 1.54) is 43.5 Å². The zero-order chi connectivity index (χ0) is 35.9. The van der Waals surface area contributed by atoms with Crippen LogP contribution in [0.1, 0.15) is 36.6 Å². The van der Waals surface area contributed by atoms with E-state index < -0.39 is 41.2 Å². The molecule has 1 aliphatic rings. The molecular weight excluding hydrogens is 724 g/mol. The van der Waals surface area contributed by atoms with Crippen molar-refractivity contribution < 1.29 is 32.3 Å². The third-order valence-corrected chi connectivity index (χ3v) is 8.09. The van der Waals surface area contributed by atoms with Crippen LogP contribution in [0.2, 0.25) is 0 Å². The van der Waals surface area contributed by atoms with Gasteiger partial charge in [0.1, 0.15) is 17.9 Å². The van der Waals surface area contributed by atoms with Gasteiger partial charge in [-0.1, -0.05) is 60.7 Å². The summed E-state index contributed by atoms with van der Waals surface area (Å²) in [6.07, 6.45) is -0.335. The molecule has 0 radical (unpaired) electrons. The van der Waals surface area contributed by atoms with E-state index in [0.29, 0.717) is 5.56 Å². The number of pyridine rings is 1. The van der Waals surface area contributed by atoms with Crippen molar-refractivity contribution in [2.45, 2.75) is 44.3 Å². The predicted octanol–water partition coefficient (Wildman–Crippen LogP) is 4.46. The number of piperazine rings is 1. The Morgan fingerprint density at radius 2 is 1.54 bits per heavy atom. The van der Waals surface area contributed by atoms with Gasteiger partial charge >= 0.3 is 6.18 Å². The van der Waals surface area contributed by atoms with Crippen molar-refractivity contribution in [1.82, 2.24) is 24.8 Å². The molecule has 52 heavy (non-hydrogen) atoms. The number of alkyl halides is 3. The van der Waals surface area contributed by atoms with E-state index in [9.17, 15) is 27.6 Å². The van der Waals surface area contributed by atoms with Crippen LogP contribution >= 0.6 is 24.8 Å². The molecule has 4 aromatic rings. The number of hydrogen-bond donors (Lipinski definition) is 3. The number of imidazole rings is 1. The molecule has 280 valence electrons. The highest BCUT2D eigenvalue weighted by atomic mass is 35.5. The number of anilines is 2. The first-order valence-electron chi connectivity index (χ1n) is 16.0. The highest BCUT2D eigenvalue weighted by Crippen LogP contribution is 2.35. The van der Waals surface area contributed by atoms with Gasteiger partial charge in [0, 0.05) is 38.6 Å². The van der Waals surface area contributed by atoms with Crippen LogP contribution in [0.15, 0.2) is 91.5 Å². The molecule has 1 saturated heterocycles. The minimum atomic E-state index is -4.56. The summed E-state index contributed by atoms with van der Waals surface area (Å²) in [5, 5.41) is 5.34. The summed E-state index contributed by atoms with van der Waals surface area (Å²) in [7, 11) is 0. The first-order valence-corrected chi connectivity index (χ1v) is 16.0. The number of nitrogens with two attached hydrogens (primary N) is 1. The normalized spacial score (nSPS) is 14.3. The lowest BCUT2D eigenvalue weighted by Crippen LogP contribution is -2.56. The van der Waals surface area contributed by atoms with Crippen LogP contribution in [0.3, 0.4) is 0 Å². The second kappa shape index (κ2) is 18.2. The fraction of sp³-hybridized carbons (Fsp3) is 0.343. The number of halogens is 5. The molecule has 0 spiro atoms. The van der Waals surface area contributed by atoms with Crippen LogP contribution in [0.4, 0.5) is 24.8 Å². The average molecular weight is 766 g/mol. The van der Waals surface area contributed by atoms with E-state index in [-0.39, 0.29) is 81.7 Å². The van der Waals surface area contributed by atoms with Gasteiger partial charge < -0.3 is 35.5 Å². The minimum Gasteiger partial charge on any atom is -0.374 e. The van der Waals surface area contributed by atoms with Gasteiger partial charge in [-0.2, -0.15) is 13.2 Å². The van der Waals surface area contributed by atoms with Gasteiger partial charge in [-0.25, -0.2) is 9.97 Å². The first kappa shape index (κ1) is 41.7. The third kappa shape index (κ3) is 10.7. The van der Waals surface area contributed by atoms with Crippen LogP contribution in [0.5, 0.6) is 0 Å². The molecule has 2 atom stereocenters. The number of amides is 3. The molecule has 1 unspecified atom stereocenters. The van der Waals surface area contributed by atoms with E-state index in [1.807, 2.05) is 36.4 Å². The van der Waals surface area contributed by atoms with Gasteiger partial charge in [0.15, 0.2) is 5.82 Å². The quantitative estimate of drug-likeness (QED) is 0.192. The number of nitrogens with zero attached hydrogens (tertiary/aromatic N) is 5. The van der Waals surface area contributed by atoms with E-state index in [4.69, 9.17) is 10.5 Å². The Hall–Kier alpha value is -4.70. The van der Waals surface area contributed by atoms with Gasteiger partial charge in [0.25, 0.3) is 5.91 Å². The van der Waals surface area contributed by atoms with Crippen molar-refractivity contribution in [2.24, 2.45) is 5.73 Å². The number of nitrogens with one attached hydrogen (secondary N) is 2. The van der Waals surface area contributed by atoms with Crippen molar-refractivity contribution in [3.05, 3.63) is 108 Å². The number of carbonyl (C=O) groups is 3. The van der Waals surface area contributed by atoms with E-state index >= 15 is 0 Å². The van der Waals surface area contributed by atoms with Crippen molar-refractivity contribution in [3.63, 3.8) is 0 Å². The fourth-order valence-corrected chi connectivity index (χ4v) is 5.41. The Morgan fingerprint density at radius 1 is 0.904 bits per heavy atom. The van der Waals surface area contributed by atoms with Crippen LogP contribution in [-0.4, -0.2) is 81.5 Å². The standard InChI is InChI=1S/C35H39F3N8O4.2ClH/c1-34(2,39)33(49)42-27(22-50-21-24-10-5-3-6-11-24)31(47)43-28-20-46(23-41-28)29(25-12-7-4-8-13-25)32(48)45-18-16-44(17-19-45)30-26(35(36,37)38)14-9-15-40-30;;/h3-15,20,23,27,29H,16-19,21-22,39H2,1-2H3,(H,42,49)(H,43,47);2*1H/t27-,29?;;/m1../s1. The predicted molar refractivity (Wildman–Crippen MR) is 194 cm³/mol. The second-order valence-corrected chi connectivity index (χ2v) is 12.4. The monoisotopic (exact) mass is 764 g/mol. The van der Waals surface area contributed by atoms with Crippen molar-refractivity contribution >= 4 is 54.2 Å². The lowest BCUT2D eigenvalue weighted by Gasteiger charge is -2.38. The van der Waals surface area contributed by atoms with Gasteiger partial charge in [0.2, 0.25) is 11.8 Å². The average Bonchev–Trinajstić information content (AvgIpc) is 3.55. The Balaban J connectivity index is 0.00000364. The molecule has 5 rings (SSSR count). The fourth-order valence-electron chi connectivity index (χ4n) is 5.41. The third-order valence-electron chi connectivity index (χ3n) is 8.09. The summed E-state index contributed by atoms with van der Waals surface area (Å²) < 4.78 is 48.2. The highest BCUT2D eigenvalue weighted by molar-refractivity contribution is 5.98. The van der Waals surface area contributed by atoms with Gasteiger partial charge in [0.05, 0.1) is 30.6 Å². The number of hydrogen-bond acceptors (Lipinski definition) is 8. The van der Waals surface area contributed by atoms with Gasteiger partial charge in [-0.15, -0.1) is 24.8 Å². The van der Waals surface area contributed by atoms with Crippen LogP contribution < -0.4 is 21.3 Å². The minimum absolute atomic E-state index is 0. The summed E-state index contributed by atoms with van der Waals surface area (Å²) in [6, 6.07) is 18.5. The van der Waals surface area contributed by atoms with Crippen LogP contribution in [0, 0.1) is 0 Å². The Kier molecular flexibility index (Phi) is 14.6. The SMILES string of the molecule is CC(C)(N)C(=O)N[C@H](COCc1ccccc1)C(=O)Nc1cn(C(C(=O)N2CCN(c3ncccc3C(F)(F)F)CC2)c2ccccc2)cn1.Cl.Cl. The summed E-state index contributed by atoms with van der Waals surface area (Å²) in [5.74, 6) is -1.51. The summed E-state index contributed by atoms with van der Waals surface area (Å²) in [6.45, 7) is 3.72. The molecule has 0 aliphatic carbocycles. The van der Waals surface area contributed by atoms with E-state index in [2.05, 4.69) is 20.6 Å². The number of aromatic nitrogens is 3. The lowest BCUT2D eigenvalue weighted by atomic mass is 10.0. The zero-order valence-corrected chi connectivity index (χ0v) is 30.1. The Bertz CT molecular complexity index is 1770. The number of ether oxygens (including phenoxy) is 1. The van der Waals surface area contributed by atoms with E-state index in [1.54, 1.807) is 33.7 Å². The van der Waals surface area contributed by atoms with Gasteiger partial charge in [-0.3, -0.25) is 14.4 Å². The molecular formula is C35H41Cl2F3N8O4.